The molecule has 1 unspecified atom stereocenters. The molecule has 2 aliphatic rings. The van der Waals surface area contributed by atoms with Crippen LogP contribution in [0.3, 0.4) is 0 Å². The molecule has 1 aliphatic heterocycles. The van der Waals surface area contributed by atoms with Gasteiger partial charge in [-0.05, 0) is 109 Å². The van der Waals surface area contributed by atoms with Gasteiger partial charge in [0.25, 0.3) is 0 Å². The van der Waals surface area contributed by atoms with E-state index in [1.807, 2.05) is 43.3 Å². The first-order valence-corrected chi connectivity index (χ1v) is 16.4. The third-order valence-electron chi connectivity index (χ3n) is 8.16. The van der Waals surface area contributed by atoms with E-state index in [0.29, 0.717) is 30.6 Å². The number of allylic oxidation sites excluding steroid dienone is 2. The number of carboxylic acid groups (broad SMARTS) is 1. The Kier molecular flexibility index (Phi) is 9.38. The van der Waals surface area contributed by atoms with Crippen LogP contribution in [0.25, 0.3) is 11.1 Å². The molecule has 0 spiro atoms. The quantitative estimate of drug-likeness (QED) is 0.211. The summed E-state index contributed by atoms with van der Waals surface area (Å²) in [4.78, 5) is 11.2. The Morgan fingerprint density at radius 3 is 2.39 bits per heavy atom. The molecule has 0 saturated carbocycles. The summed E-state index contributed by atoms with van der Waals surface area (Å²) in [5.41, 5.74) is 7.20. The molecule has 1 aliphatic carbocycles. The van der Waals surface area contributed by atoms with E-state index in [-0.39, 0.29) is 12.3 Å². The molecule has 1 heterocycles. The molecule has 6 nitrogen and oxygen atoms in total. The second kappa shape index (κ2) is 13.1. The fraction of sp³-hybridized carbons (Fsp3) is 0.382. The first-order valence-electron chi connectivity index (χ1n) is 14.5. The summed E-state index contributed by atoms with van der Waals surface area (Å²) >= 11 is 0. The van der Waals surface area contributed by atoms with E-state index < -0.39 is 16.6 Å². The molecule has 41 heavy (non-hydrogen) atoms. The second-order valence-corrected chi connectivity index (χ2v) is 13.6. The van der Waals surface area contributed by atoms with Gasteiger partial charge in [-0.15, -0.1) is 0 Å². The fourth-order valence-electron chi connectivity index (χ4n) is 5.81. The smallest absolute Gasteiger partial charge is 0.304 e. The van der Waals surface area contributed by atoms with Crippen LogP contribution < -0.4 is 9.47 Å². The van der Waals surface area contributed by atoms with Gasteiger partial charge in [0.2, 0.25) is 0 Å². The molecule has 5 rings (SSSR count). The average Bonchev–Trinajstić information content (AvgIpc) is 3.14. The number of aliphatic carboxylic acids is 1. The maximum absolute atomic E-state index is 11.2. The first-order chi connectivity index (χ1) is 19.8. The molecule has 0 radical (unpaired) electrons. The SMILES string of the molecule is C/C=C/C(CC(=O)O)c1ccc(OCc2ccc3c(c2)-c2ccc(OCC4CCS(O)(O)CC4)cc2CCC3)cc1. The van der Waals surface area contributed by atoms with Crippen molar-refractivity contribution in [3.8, 4) is 22.6 Å². The number of hydrogen-bond acceptors (Lipinski definition) is 5. The molecule has 1 atom stereocenters. The Morgan fingerprint density at radius 1 is 0.927 bits per heavy atom. The predicted molar refractivity (Wildman–Crippen MR) is 165 cm³/mol. The highest BCUT2D eigenvalue weighted by molar-refractivity contribution is 8.24. The van der Waals surface area contributed by atoms with E-state index in [1.165, 1.54) is 22.3 Å². The van der Waals surface area contributed by atoms with Crippen LogP contribution in [0.4, 0.5) is 0 Å². The molecule has 0 amide bonds. The number of ether oxygens (including phenoxy) is 2. The van der Waals surface area contributed by atoms with Crippen LogP contribution in [0.15, 0.2) is 72.8 Å². The monoisotopic (exact) mass is 576 g/mol. The van der Waals surface area contributed by atoms with Crippen LogP contribution in [0.1, 0.15) is 60.8 Å². The van der Waals surface area contributed by atoms with Crippen molar-refractivity contribution in [2.24, 2.45) is 5.92 Å². The highest BCUT2D eigenvalue weighted by Gasteiger charge is 2.25. The van der Waals surface area contributed by atoms with Gasteiger partial charge in [0, 0.05) is 17.4 Å². The Bertz CT molecular complexity index is 1370. The lowest BCUT2D eigenvalue weighted by Crippen LogP contribution is -2.24. The number of carboxylic acids is 1. The molecule has 3 N–H and O–H groups in total. The zero-order valence-corrected chi connectivity index (χ0v) is 24.4. The first kappa shape index (κ1) is 29.2. The van der Waals surface area contributed by atoms with Gasteiger partial charge in [-0.3, -0.25) is 13.9 Å². The van der Waals surface area contributed by atoms with Crippen LogP contribution in [-0.4, -0.2) is 38.3 Å². The molecule has 0 aromatic heterocycles. The summed E-state index contributed by atoms with van der Waals surface area (Å²) in [5.74, 6) is 2.01. The average molecular weight is 577 g/mol. The van der Waals surface area contributed by atoms with Crippen LogP contribution in [-0.2, 0) is 24.2 Å². The van der Waals surface area contributed by atoms with Crippen molar-refractivity contribution in [3.05, 3.63) is 95.1 Å². The highest BCUT2D eigenvalue weighted by atomic mass is 32.3. The van der Waals surface area contributed by atoms with Crippen molar-refractivity contribution in [3.63, 3.8) is 0 Å². The topological polar surface area (TPSA) is 96.2 Å². The van der Waals surface area contributed by atoms with Crippen molar-refractivity contribution in [2.45, 2.75) is 58.0 Å². The lowest BCUT2D eigenvalue weighted by molar-refractivity contribution is -0.137. The lowest BCUT2D eigenvalue weighted by Gasteiger charge is -2.39. The summed E-state index contributed by atoms with van der Waals surface area (Å²) in [7, 11) is -2.36. The third-order valence-corrected chi connectivity index (χ3v) is 9.94. The van der Waals surface area contributed by atoms with E-state index in [2.05, 4.69) is 36.4 Å². The zero-order valence-electron chi connectivity index (χ0n) is 23.6. The normalized spacial score (nSPS) is 18.1. The van der Waals surface area contributed by atoms with Crippen molar-refractivity contribution >= 4 is 16.6 Å². The number of hydrogen-bond donors (Lipinski definition) is 3. The maximum atomic E-state index is 11.2. The number of carbonyl (C=O) groups is 1. The summed E-state index contributed by atoms with van der Waals surface area (Å²) in [6, 6.07) is 20.7. The minimum Gasteiger partial charge on any atom is -0.493 e. The molecular formula is C34H40O6S. The predicted octanol–water partition coefficient (Wildman–Crippen LogP) is 8.10. The Labute approximate surface area is 244 Å². The van der Waals surface area contributed by atoms with Crippen molar-refractivity contribution in [2.75, 3.05) is 18.1 Å². The van der Waals surface area contributed by atoms with E-state index in [1.54, 1.807) is 0 Å². The number of fused-ring (bicyclic) bond motifs is 3. The third kappa shape index (κ3) is 7.73. The van der Waals surface area contributed by atoms with Crippen LogP contribution in [0, 0.1) is 5.92 Å². The zero-order chi connectivity index (χ0) is 28.8. The maximum Gasteiger partial charge on any atom is 0.304 e. The number of benzene rings is 3. The summed E-state index contributed by atoms with van der Waals surface area (Å²) in [5, 5.41) is 9.22. The molecule has 3 aromatic rings. The molecular weight excluding hydrogens is 536 g/mol. The molecule has 3 aromatic carbocycles. The van der Waals surface area contributed by atoms with Gasteiger partial charge >= 0.3 is 5.97 Å². The van der Waals surface area contributed by atoms with Crippen LogP contribution in [0.5, 0.6) is 11.5 Å². The Balaban J connectivity index is 1.24. The summed E-state index contributed by atoms with van der Waals surface area (Å²) < 4.78 is 32.0. The van der Waals surface area contributed by atoms with Crippen LogP contribution in [0.2, 0.25) is 0 Å². The van der Waals surface area contributed by atoms with Crippen LogP contribution >= 0.6 is 10.6 Å². The minimum atomic E-state index is -2.36. The van der Waals surface area contributed by atoms with Gasteiger partial charge in [0.05, 0.1) is 13.0 Å². The van der Waals surface area contributed by atoms with Crippen molar-refractivity contribution < 1.29 is 28.5 Å². The lowest BCUT2D eigenvalue weighted by atomic mass is 9.94. The Morgan fingerprint density at radius 2 is 1.66 bits per heavy atom. The molecule has 0 bridgehead atoms. The van der Waals surface area contributed by atoms with Gasteiger partial charge in [0.1, 0.15) is 18.1 Å². The van der Waals surface area contributed by atoms with Gasteiger partial charge in [-0.1, -0.05) is 42.5 Å². The highest BCUT2D eigenvalue weighted by Crippen LogP contribution is 2.45. The second-order valence-electron chi connectivity index (χ2n) is 11.2. The standard InChI is InChI=1S/C34H40O6S/c1-2-4-28(21-34(35)36)26-9-11-30(12-10-26)39-23-25-7-8-27-5-3-6-29-20-31(13-14-32(29)33(27)19-25)40-22-24-15-17-41(37,38)18-16-24/h2,4,7-14,19-20,24,28,37-38H,3,5-6,15-18,21-23H2,1H3,(H,35,36)/b4-2+. The molecule has 218 valence electrons. The van der Waals surface area contributed by atoms with Gasteiger partial charge in [-0.25, -0.2) is 0 Å². The molecule has 7 heteroatoms. The largest absolute Gasteiger partial charge is 0.493 e. The molecule has 1 saturated heterocycles. The number of aryl methyl sites for hydroxylation is 2. The van der Waals surface area contributed by atoms with E-state index in [4.69, 9.17) is 9.47 Å². The van der Waals surface area contributed by atoms with E-state index >= 15 is 0 Å². The van der Waals surface area contributed by atoms with Crippen molar-refractivity contribution in [1.29, 1.82) is 0 Å². The Hall–Kier alpha value is -3.26. The van der Waals surface area contributed by atoms with E-state index in [0.717, 1.165) is 54.7 Å². The number of rotatable bonds is 10. The fourth-order valence-corrected chi connectivity index (χ4v) is 7.44. The summed E-state index contributed by atoms with van der Waals surface area (Å²) in [6.07, 6.45) is 8.59. The van der Waals surface area contributed by atoms with E-state index in [9.17, 15) is 19.0 Å². The van der Waals surface area contributed by atoms with Gasteiger partial charge < -0.3 is 14.6 Å². The molecule has 1 fully saturated rings. The summed E-state index contributed by atoms with van der Waals surface area (Å²) in [6.45, 7) is 2.96. The van der Waals surface area contributed by atoms with Gasteiger partial charge in [-0.2, -0.15) is 10.6 Å². The van der Waals surface area contributed by atoms with Crippen molar-refractivity contribution in [1.82, 2.24) is 0 Å². The van der Waals surface area contributed by atoms with Gasteiger partial charge in [0.15, 0.2) is 0 Å². The minimum absolute atomic E-state index is 0.0614.